The van der Waals surface area contributed by atoms with Crippen LogP contribution in [0.25, 0.3) is 0 Å². The summed E-state index contributed by atoms with van der Waals surface area (Å²) in [5, 5.41) is 4.75. The summed E-state index contributed by atoms with van der Waals surface area (Å²) in [4.78, 5) is 0. The summed E-state index contributed by atoms with van der Waals surface area (Å²) < 4.78 is 0. The zero-order chi connectivity index (χ0) is 15.6. The van der Waals surface area contributed by atoms with Gasteiger partial charge in [-0.25, -0.2) is 0 Å². The second kappa shape index (κ2) is 6.83. The maximum atomic E-state index is 6.35. The lowest BCUT2D eigenvalue weighted by molar-refractivity contribution is 0.589. The average molecular weight is 322 g/mol. The Morgan fingerprint density at radius 1 is 1.00 bits per heavy atom. The number of rotatable bonds is 4. The number of hydrogen-bond acceptors (Lipinski definition) is 1. The van der Waals surface area contributed by atoms with Crippen molar-refractivity contribution in [2.45, 2.75) is 33.2 Å². The fourth-order valence-electron chi connectivity index (χ4n) is 2.89. The van der Waals surface area contributed by atoms with E-state index in [2.05, 4.69) is 38.2 Å². The van der Waals surface area contributed by atoms with E-state index >= 15 is 0 Å². The van der Waals surface area contributed by atoms with Crippen LogP contribution in [-0.4, -0.2) is 7.05 Å². The van der Waals surface area contributed by atoms with Crippen LogP contribution in [0.3, 0.4) is 0 Å². The first kappa shape index (κ1) is 16.4. The quantitative estimate of drug-likeness (QED) is 0.792. The van der Waals surface area contributed by atoms with Crippen molar-refractivity contribution < 1.29 is 0 Å². The standard InChI is InChI=1S/C18H21Cl2N/c1-11-7-12(2)16(13(3)8-11)10-18(21-4)15-6-5-14(19)9-17(15)20/h5-9,18,21H,10H2,1-4H3. The van der Waals surface area contributed by atoms with E-state index in [1.165, 1.54) is 22.3 Å². The maximum absolute atomic E-state index is 6.35. The van der Waals surface area contributed by atoms with E-state index in [1.54, 1.807) is 6.07 Å². The fraction of sp³-hybridized carbons (Fsp3) is 0.333. The van der Waals surface area contributed by atoms with Gasteiger partial charge in [-0.3, -0.25) is 0 Å². The highest BCUT2D eigenvalue weighted by molar-refractivity contribution is 6.35. The van der Waals surface area contributed by atoms with Gasteiger partial charge in [0.1, 0.15) is 0 Å². The first-order valence-corrected chi connectivity index (χ1v) is 7.87. The van der Waals surface area contributed by atoms with Crippen molar-refractivity contribution >= 4 is 23.2 Å². The van der Waals surface area contributed by atoms with Gasteiger partial charge >= 0.3 is 0 Å². The molecule has 0 radical (unpaired) electrons. The molecule has 1 N–H and O–H groups in total. The van der Waals surface area contributed by atoms with Gasteiger partial charge in [0.05, 0.1) is 0 Å². The molecule has 112 valence electrons. The molecule has 1 nitrogen and oxygen atoms in total. The van der Waals surface area contributed by atoms with Crippen molar-refractivity contribution in [3.05, 3.63) is 68.2 Å². The first-order chi connectivity index (χ1) is 9.92. The summed E-state index contributed by atoms with van der Waals surface area (Å²) in [5.74, 6) is 0. The molecule has 2 rings (SSSR count). The number of hydrogen-bond donors (Lipinski definition) is 1. The Kier molecular flexibility index (Phi) is 5.32. The van der Waals surface area contributed by atoms with Gasteiger partial charge < -0.3 is 5.32 Å². The van der Waals surface area contributed by atoms with Crippen LogP contribution in [0.1, 0.15) is 33.9 Å². The van der Waals surface area contributed by atoms with Crippen LogP contribution in [0.5, 0.6) is 0 Å². The Labute approximate surface area is 137 Å². The Bertz CT molecular complexity index is 627. The van der Waals surface area contributed by atoms with Crippen molar-refractivity contribution in [1.29, 1.82) is 0 Å². The van der Waals surface area contributed by atoms with Gasteiger partial charge in [0.15, 0.2) is 0 Å². The highest BCUT2D eigenvalue weighted by atomic mass is 35.5. The molecule has 2 aromatic rings. The molecule has 0 saturated heterocycles. The summed E-state index contributed by atoms with van der Waals surface area (Å²) in [6.07, 6.45) is 0.912. The van der Waals surface area contributed by atoms with Crippen molar-refractivity contribution in [3.8, 4) is 0 Å². The van der Waals surface area contributed by atoms with Gasteiger partial charge in [-0.05, 0) is 68.6 Å². The van der Waals surface area contributed by atoms with Crippen LogP contribution in [-0.2, 0) is 6.42 Å². The molecule has 0 amide bonds. The minimum Gasteiger partial charge on any atom is -0.313 e. The van der Waals surface area contributed by atoms with Crippen molar-refractivity contribution in [2.75, 3.05) is 7.05 Å². The molecule has 0 spiro atoms. The molecular formula is C18H21Cl2N. The van der Waals surface area contributed by atoms with Crippen LogP contribution in [0.15, 0.2) is 30.3 Å². The van der Waals surface area contributed by atoms with E-state index in [0.717, 1.165) is 12.0 Å². The fourth-order valence-corrected chi connectivity index (χ4v) is 3.43. The largest absolute Gasteiger partial charge is 0.313 e. The second-order valence-electron chi connectivity index (χ2n) is 5.59. The zero-order valence-electron chi connectivity index (χ0n) is 12.9. The average Bonchev–Trinajstić information content (AvgIpc) is 2.39. The molecule has 0 aliphatic rings. The number of benzene rings is 2. The molecule has 0 aliphatic carbocycles. The maximum Gasteiger partial charge on any atom is 0.0468 e. The Morgan fingerprint density at radius 3 is 2.14 bits per heavy atom. The molecule has 0 aliphatic heterocycles. The Hall–Kier alpha value is -1.02. The van der Waals surface area contributed by atoms with E-state index in [9.17, 15) is 0 Å². The van der Waals surface area contributed by atoms with E-state index in [4.69, 9.17) is 23.2 Å². The third-order valence-corrected chi connectivity index (χ3v) is 4.50. The summed E-state index contributed by atoms with van der Waals surface area (Å²) in [6, 6.07) is 10.3. The van der Waals surface area contributed by atoms with Crippen molar-refractivity contribution in [2.24, 2.45) is 0 Å². The van der Waals surface area contributed by atoms with E-state index in [0.29, 0.717) is 10.0 Å². The third-order valence-electron chi connectivity index (χ3n) is 3.93. The van der Waals surface area contributed by atoms with E-state index in [-0.39, 0.29) is 6.04 Å². The molecule has 1 unspecified atom stereocenters. The van der Waals surface area contributed by atoms with E-state index in [1.807, 2.05) is 19.2 Å². The van der Waals surface area contributed by atoms with Crippen molar-refractivity contribution in [3.63, 3.8) is 0 Å². The number of likely N-dealkylation sites (N-methyl/N-ethyl adjacent to an activating group) is 1. The van der Waals surface area contributed by atoms with Gasteiger partial charge in [-0.1, -0.05) is 47.0 Å². The second-order valence-corrected chi connectivity index (χ2v) is 6.43. The monoisotopic (exact) mass is 321 g/mol. The Balaban J connectivity index is 2.36. The van der Waals surface area contributed by atoms with Gasteiger partial charge in [0.25, 0.3) is 0 Å². The minimum absolute atomic E-state index is 0.176. The zero-order valence-corrected chi connectivity index (χ0v) is 14.4. The lowest BCUT2D eigenvalue weighted by Gasteiger charge is -2.21. The topological polar surface area (TPSA) is 12.0 Å². The summed E-state index contributed by atoms with van der Waals surface area (Å²) in [5.41, 5.74) is 6.43. The van der Waals surface area contributed by atoms with Crippen LogP contribution in [0.2, 0.25) is 10.0 Å². The molecule has 21 heavy (non-hydrogen) atoms. The lowest BCUT2D eigenvalue weighted by atomic mass is 9.91. The molecular weight excluding hydrogens is 301 g/mol. The van der Waals surface area contributed by atoms with E-state index < -0.39 is 0 Å². The smallest absolute Gasteiger partial charge is 0.0468 e. The number of aryl methyl sites for hydroxylation is 3. The molecule has 3 heteroatoms. The minimum atomic E-state index is 0.176. The van der Waals surface area contributed by atoms with Gasteiger partial charge in [0.2, 0.25) is 0 Å². The van der Waals surface area contributed by atoms with Crippen LogP contribution >= 0.6 is 23.2 Å². The number of halogens is 2. The predicted octanol–water partition coefficient (Wildman–Crippen LogP) is 5.42. The summed E-state index contributed by atoms with van der Waals surface area (Å²) >= 11 is 12.3. The molecule has 0 aromatic heterocycles. The SMILES string of the molecule is CNC(Cc1c(C)cc(C)cc1C)c1ccc(Cl)cc1Cl. The predicted molar refractivity (Wildman–Crippen MR) is 92.6 cm³/mol. The van der Waals surface area contributed by atoms with Crippen molar-refractivity contribution in [1.82, 2.24) is 5.32 Å². The summed E-state index contributed by atoms with van der Waals surface area (Å²) in [7, 11) is 1.97. The third kappa shape index (κ3) is 3.79. The van der Waals surface area contributed by atoms with Gasteiger partial charge in [-0.15, -0.1) is 0 Å². The molecule has 0 heterocycles. The van der Waals surface area contributed by atoms with Crippen LogP contribution in [0.4, 0.5) is 0 Å². The molecule has 1 atom stereocenters. The molecule has 0 fully saturated rings. The number of nitrogens with one attached hydrogen (secondary N) is 1. The molecule has 0 saturated carbocycles. The van der Waals surface area contributed by atoms with Gasteiger partial charge in [0, 0.05) is 16.1 Å². The summed E-state index contributed by atoms with van der Waals surface area (Å²) in [6.45, 7) is 6.48. The lowest BCUT2D eigenvalue weighted by Crippen LogP contribution is -2.20. The van der Waals surface area contributed by atoms with Crippen LogP contribution in [0, 0.1) is 20.8 Å². The van der Waals surface area contributed by atoms with Gasteiger partial charge in [-0.2, -0.15) is 0 Å². The highest BCUT2D eigenvalue weighted by Crippen LogP contribution is 2.30. The highest BCUT2D eigenvalue weighted by Gasteiger charge is 2.16. The Morgan fingerprint density at radius 2 is 1.62 bits per heavy atom. The normalized spacial score (nSPS) is 12.5. The first-order valence-electron chi connectivity index (χ1n) is 7.11. The van der Waals surface area contributed by atoms with Crippen LogP contribution < -0.4 is 5.32 Å². The molecule has 2 aromatic carbocycles. The molecule has 0 bridgehead atoms.